The van der Waals surface area contributed by atoms with Crippen LogP contribution in [0.15, 0.2) is 18.2 Å². The first-order chi connectivity index (χ1) is 9.76. The van der Waals surface area contributed by atoms with Gasteiger partial charge in [-0.1, -0.05) is 12.1 Å². The summed E-state index contributed by atoms with van der Waals surface area (Å²) < 4.78 is 0. The van der Waals surface area contributed by atoms with E-state index in [1.54, 1.807) is 0 Å². The number of anilines is 2. The predicted octanol–water partition coefficient (Wildman–Crippen LogP) is 1.26. The van der Waals surface area contributed by atoms with Crippen molar-refractivity contribution in [2.24, 2.45) is 0 Å². The first kappa shape index (κ1) is 15.2. The lowest BCUT2D eigenvalue weighted by Gasteiger charge is -2.22. The largest absolute Gasteiger partial charge is 0.397 e. The number of nitrogens with two attached hydrogens (primary N) is 1. The molecule has 1 aliphatic rings. The van der Waals surface area contributed by atoms with Gasteiger partial charge in [0.2, 0.25) is 5.91 Å². The quantitative estimate of drug-likeness (QED) is 0.715. The van der Waals surface area contributed by atoms with Gasteiger partial charge in [0.25, 0.3) is 0 Å². The highest BCUT2D eigenvalue weighted by atomic mass is 16.2. The van der Waals surface area contributed by atoms with Gasteiger partial charge in [0.15, 0.2) is 0 Å². The van der Waals surface area contributed by atoms with Crippen LogP contribution in [0.2, 0.25) is 0 Å². The molecule has 1 aromatic carbocycles. The van der Waals surface area contributed by atoms with E-state index in [9.17, 15) is 9.59 Å². The molecule has 21 heavy (non-hydrogen) atoms. The predicted molar refractivity (Wildman–Crippen MR) is 83.2 cm³/mol. The fourth-order valence-electron chi connectivity index (χ4n) is 2.44. The number of carbonyl (C=O) groups excluding carboxylic acids is 2. The number of nitrogens with one attached hydrogen (secondary N) is 2. The summed E-state index contributed by atoms with van der Waals surface area (Å²) in [5.74, 6) is -0.340. The van der Waals surface area contributed by atoms with Crippen LogP contribution in [-0.2, 0) is 11.2 Å². The Hall–Kier alpha value is -2.24. The molecule has 2 rings (SSSR count). The third-order valence-corrected chi connectivity index (χ3v) is 3.19. The van der Waals surface area contributed by atoms with Gasteiger partial charge in [0.1, 0.15) is 0 Å². The number of urea groups is 1. The van der Waals surface area contributed by atoms with Gasteiger partial charge >= 0.3 is 6.03 Å². The smallest absolute Gasteiger partial charge is 0.321 e. The maximum Gasteiger partial charge on any atom is 0.321 e. The maximum atomic E-state index is 12.0. The molecule has 0 bridgehead atoms. The molecular weight excluding hydrogens is 268 g/mol. The zero-order valence-electron chi connectivity index (χ0n) is 12.7. The lowest BCUT2D eigenvalue weighted by atomic mass is 10.1. The molecule has 0 unspecified atom stereocenters. The van der Waals surface area contributed by atoms with Crippen LogP contribution in [0.4, 0.5) is 16.2 Å². The monoisotopic (exact) mass is 290 g/mol. The summed E-state index contributed by atoms with van der Waals surface area (Å²) in [5.41, 5.74) is 8.30. The standard InChI is InChI=1S/C15H22N4O2/c1-15(2,3)18-14(21)17-12(20)9-19-8-7-10-5-4-6-11(16)13(10)19/h4-6H,7-9,16H2,1-3H3,(H2,17,18,20,21). The fraction of sp³-hybridized carbons (Fsp3) is 0.467. The topological polar surface area (TPSA) is 87.5 Å². The Labute approximate surface area is 124 Å². The number of rotatable bonds is 2. The zero-order valence-corrected chi connectivity index (χ0v) is 12.7. The van der Waals surface area contributed by atoms with Gasteiger partial charge in [-0.05, 0) is 38.8 Å². The molecule has 1 heterocycles. The number of imide groups is 1. The van der Waals surface area contributed by atoms with Crippen molar-refractivity contribution in [3.63, 3.8) is 0 Å². The summed E-state index contributed by atoms with van der Waals surface area (Å²) in [7, 11) is 0. The van der Waals surface area contributed by atoms with Crippen LogP contribution in [0, 0.1) is 0 Å². The molecule has 0 aliphatic carbocycles. The van der Waals surface area contributed by atoms with Crippen molar-refractivity contribution in [2.75, 3.05) is 23.7 Å². The molecule has 1 aromatic rings. The molecule has 0 fully saturated rings. The van der Waals surface area contributed by atoms with Crippen molar-refractivity contribution in [1.82, 2.24) is 10.6 Å². The molecule has 0 saturated heterocycles. The van der Waals surface area contributed by atoms with E-state index in [1.807, 2.05) is 43.9 Å². The highest BCUT2D eigenvalue weighted by molar-refractivity contribution is 5.97. The minimum atomic E-state index is -0.479. The number of carbonyl (C=O) groups is 2. The Morgan fingerprint density at radius 2 is 2.05 bits per heavy atom. The van der Waals surface area contributed by atoms with Crippen molar-refractivity contribution >= 4 is 23.3 Å². The number of fused-ring (bicyclic) bond motifs is 1. The average molecular weight is 290 g/mol. The molecule has 3 amide bonds. The summed E-state index contributed by atoms with van der Waals surface area (Å²) in [6.45, 7) is 6.42. The van der Waals surface area contributed by atoms with E-state index >= 15 is 0 Å². The van der Waals surface area contributed by atoms with Crippen LogP contribution in [-0.4, -0.2) is 30.6 Å². The van der Waals surface area contributed by atoms with Crippen molar-refractivity contribution in [3.8, 4) is 0 Å². The highest BCUT2D eigenvalue weighted by Gasteiger charge is 2.24. The van der Waals surface area contributed by atoms with E-state index in [2.05, 4.69) is 10.6 Å². The van der Waals surface area contributed by atoms with Gasteiger partial charge in [-0.3, -0.25) is 10.1 Å². The Kier molecular flexibility index (Phi) is 4.06. The normalized spacial score (nSPS) is 13.8. The Morgan fingerprint density at radius 3 is 2.71 bits per heavy atom. The van der Waals surface area contributed by atoms with Crippen molar-refractivity contribution in [3.05, 3.63) is 23.8 Å². The lowest BCUT2D eigenvalue weighted by Crippen LogP contribution is -2.50. The molecule has 0 aromatic heterocycles. The molecule has 0 spiro atoms. The third-order valence-electron chi connectivity index (χ3n) is 3.19. The van der Waals surface area contributed by atoms with E-state index in [4.69, 9.17) is 5.73 Å². The molecule has 0 atom stereocenters. The average Bonchev–Trinajstić information content (AvgIpc) is 2.70. The summed E-state index contributed by atoms with van der Waals surface area (Å²) >= 11 is 0. The number of nitrogen functional groups attached to an aromatic ring is 1. The van der Waals surface area contributed by atoms with Crippen LogP contribution in [0.1, 0.15) is 26.3 Å². The van der Waals surface area contributed by atoms with Crippen LogP contribution in [0.25, 0.3) is 0 Å². The van der Waals surface area contributed by atoms with Gasteiger partial charge in [-0.2, -0.15) is 0 Å². The van der Waals surface area contributed by atoms with Crippen molar-refractivity contribution in [1.29, 1.82) is 0 Å². The van der Waals surface area contributed by atoms with Gasteiger partial charge in [-0.25, -0.2) is 4.79 Å². The number of amides is 3. The molecular formula is C15H22N4O2. The number of hydrogen-bond donors (Lipinski definition) is 3. The molecule has 4 N–H and O–H groups in total. The van der Waals surface area contributed by atoms with Crippen LogP contribution in [0.3, 0.4) is 0 Å². The first-order valence-corrected chi connectivity index (χ1v) is 7.00. The van der Waals surface area contributed by atoms with Gasteiger partial charge < -0.3 is 16.0 Å². The van der Waals surface area contributed by atoms with E-state index < -0.39 is 6.03 Å². The highest BCUT2D eigenvalue weighted by Crippen LogP contribution is 2.33. The van der Waals surface area contributed by atoms with Gasteiger partial charge in [-0.15, -0.1) is 0 Å². The molecule has 0 radical (unpaired) electrons. The Bertz CT molecular complexity index is 563. The molecule has 1 aliphatic heterocycles. The summed E-state index contributed by atoms with van der Waals surface area (Å²) in [5, 5.41) is 5.03. The second-order valence-electron chi connectivity index (χ2n) is 6.28. The van der Waals surface area contributed by atoms with Crippen molar-refractivity contribution < 1.29 is 9.59 Å². The number of hydrogen-bond acceptors (Lipinski definition) is 4. The minimum absolute atomic E-state index is 0.124. The van der Waals surface area contributed by atoms with E-state index in [-0.39, 0.29) is 18.0 Å². The maximum absolute atomic E-state index is 12.0. The lowest BCUT2D eigenvalue weighted by molar-refractivity contribution is -0.118. The van der Waals surface area contributed by atoms with Crippen LogP contribution in [0.5, 0.6) is 0 Å². The number of nitrogens with zero attached hydrogens (tertiary/aromatic N) is 1. The second-order valence-corrected chi connectivity index (χ2v) is 6.28. The molecule has 6 nitrogen and oxygen atoms in total. The summed E-state index contributed by atoms with van der Waals surface area (Å²) in [6.07, 6.45) is 0.863. The molecule has 114 valence electrons. The summed E-state index contributed by atoms with van der Waals surface area (Å²) in [4.78, 5) is 25.5. The first-order valence-electron chi connectivity index (χ1n) is 7.00. The number of benzene rings is 1. The minimum Gasteiger partial charge on any atom is -0.397 e. The molecule has 0 saturated carbocycles. The number of para-hydroxylation sites is 1. The van der Waals surface area contributed by atoms with E-state index in [1.165, 1.54) is 0 Å². The third kappa shape index (κ3) is 3.87. The van der Waals surface area contributed by atoms with Crippen molar-refractivity contribution in [2.45, 2.75) is 32.7 Å². The summed E-state index contributed by atoms with van der Waals surface area (Å²) in [6, 6.07) is 5.26. The second kappa shape index (κ2) is 5.63. The molecule has 6 heteroatoms. The van der Waals surface area contributed by atoms with Crippen LogP contribution < -0.4 is 21.3 Å². The van der Waals surface area contributed by atoms with E-state index in [0.29, 0.717) is 5.69 Å². The Morgan fingerprint density at radius 1 is 1.33 bits per heavy atom. The fourth-order valence-corrected chi connectivity index (χ4v) is 2.44. The zero-order chi connectivity index (χ0) is 15.6. The van der Waals surface area contributed by atoms with Gasteiger partial charge in [0.05, 0.1) is 17.9 Å². The Balaban J connectivity index is 1.95. The van der Waals surface area contributed by atoms with Crippen LogP contribution >= 0.6 is 0 Å². The van der Waals surface area contributed by atoms with Gasteiger partial charge in [0, 0.05) is 12.1 Å². The van der Waals surface area contributed by atoms with E-state index in [0.717, 1.165) is 24.2 Å². The SMILES string of the molecule is CC(C)(C)NC(=O)NC(=O)CN1CCc2cccc(N)c21.